The molecular weight excluding hydrogens is 322 g/mol. The molecule has 2 nitrogen and oxygen atoms in total. The van der Waals surface area contributed by atoms with Crippen LogP contribution in [0.3, 0.4) is 0 Å². The van der Waals surface area contributed by atoms with Crippen molar-refractivity contribution in [2.45, 2.75) is 13.0 Å². The van der Waals surface area contributed by atoms with Crippen LogP contribution < -0.4 is 5.32 Å². The lowest BCUT2D eigenvalue weighted by Crippen LogP contribution is -2.30. The van der Waals surface area contributed by atoms with Gasteiger partial charge in [-0.2, -0.15) is 0 Å². The minimum absolute atomic E-state index is 0.0322. The molecule has 0 bridgehead atoms. The molecule has 0 heterocycles. The fourth-order valence-electron chi connectivity index (χ4n) is 1.03. The highest BCUT2D eigenvalue weighted by atomic mass is 79.9. The number of halogens is 2. The second-order valence-electron chi connectivity index (χ2n) is 3.16. The fraction of sp³-hybridized carbons (Fsp3) is 0.182. The summed E-state index contributed by atoms with van der Waals surface area (Å²) in [7, 11) is 0. The zero-order valence-corrected chi connectivity index (χ0v) is 11.4. The van der Waals surface area contributed by atoms with E-state index in [1.807, 2.05) is 13.0 Å². The summed E-state index contributed by atoms with van der Waals surface area (Å²) < 4.78 is 1.74. The molecule has 15 heavy (non-hydrogen) atoms. The molecule has 0 radical (unpaired) electrons. The van der Waals surface area contributed by atoms with Gasteiger partial charge in [0, 0.05) is 20.6 Å². The van der Waals surface area contributed by atoms with Gasteiger partial charge in [-0.25, -0.2) is 0 Å². The first-order valence-electron chi connectivity index (χ1n) is 4.42. The standard InChI is InChI=1S/C11H11Br2NO/c1-3-7(2)14-11(15)8-4-9(12)6-10(13)5-8/h3-7H,1H2,2H3,(H,14,15). The molecule has 0 fully saturated rings. The van der Waals surface area contributed by atoms with E-state index >= 15 is 0 Å². The maximum atomic E-state index is 11.7. The molecule has 0 aliphatic heterocycles. The molecule has 80 valence electrons. The Morgan fingerprint density at radius 3 is 2.40 bits per heavy atom. The fourth-order valence-corrected chi connectivity index (χ4v) is 2.33. The second-order valence-corrected chi connectivity index (χ2v) is 4.99. The molecule has 1 aromatic carbocycles. The van der Waals surface area contributed by atoms with Crippen molar-refractivity contribution in [3.8, 4) is 0 Å². The maximum Gasteiger partial charge on any atom is 0.251 e. The van der Waals surface area contributed by atoms with Crippen molar-refractivity contribution >= 4 is 37.8 Å². The SMILES string of the molecule is C=CC(C)NC(=O)c1cc(Br)cc(Br)c1. The van der Waals surface area contributed by atoms with Gasteiger partial charge in [-0.05, 0) is 25.1 Å². The lowest BCUT2D eigenvalue weighted by Gasteiger charge is -2.09. The Labute approximate surface area is 106 Å². The van der Waals surface area contributed by atoms with Gasteiger partial charge < -0.3 is 5.32 Å². The summed E-state index contributed by atoms with van der Waals surface area (Å²) in [6, 6.07) is 5.40. The Hall–Kier alpha value is -0.610. The number of rotatable bonds is 3. The third kappa shape index (κ3) is 3.80. The molecule has 1 N–H and O–H groups in total. The van der Waals surface area contributed by atoms with Gasteiger partial charge in [0.05, 0.1) is 0 Å². The summed E-state index contributed by atoms with van der Waals surface area (Å²) in [6.07, 6.45) is 1.69. The number of amides is 1. The number of hydrogen-bond acceptors (Lipinski definition) is 1. The van der Waals surface area contributed by atoms with E-state index in [-0.39, 0.29) is 11.9 Å². The first-order valence-corrected chi connectivity index (χ1v) is 6.01. The van der Waals surface area contributed by atoms with Gasteiger partial charge >= 0.3 is 0 Å². The first-order chi connectivity index (χ1) is 7.02. The summed E-state index contributed by atoms with van der Waals surface area (Å²) in [5.41, 5.74) is 0.616. The lowest BCUT2D eigenvalue weighted by molar-refractivity contribution is 0.0947. The quantitative estimate of drug-likeness (QED) is 0.843. The molecule has 0 saturated carbocycles. The van der Waals surface area contributed by atoms with E-state index in [0.717, 1.165) is 8.95 Å². The van der Waals surface area contributed by atoms with Gasteiger partial charge in [0.25, 0.3) is 5.91 Å². The number of carbonyl (C=O) groups excluding carboxylic acids is 1. The molecule has 0 saturated heterocycles. The third-order valence-corrected chi connectivity index (χ3v) is 2.75. The first kappa shape index (κ1) is 12.5. The molecule has 0 spiro atoms. The molecule has 0 aliphatic carbocycles. The Morgan fingerprint density at radius 1 is 1.40 bits per heavy atom. The van der Waals surface area contributed by atoms with E-state index in [1.54, 1.807) is 18.2 Å². The smallest absolute Gasteiger partial charge is 0.251 e. The Bertz CT molecular complexity index is 370. The predicted octanol–water partition coefficient (Wildman–Crippen LogP) is 3.52. The highest BCUT2D eigenvalue weighted by molar-refractivity contribution is 9.11. The van der Waals surface area contributed by atoms with Crippen LogP contribution in [0.15, 0.2) is 39.8 Å². The molecule has 1 aromatic rings. The molecule has 1 amide bonds. The number of carbonyl (C=O) groups is 1. The van der Waals surface area contributed by atoms with Crippen LogP contribution in [-0.4, -0.2) is 11.9 Å². The largest absolute Gasteiger partial charge is 0.346 e. The summed E-state index contributed by atoms with van der Waals surface area (Å²) >= 11 is 6.67. The topological polar surface area (TPSA) is 29.1 Å². The van der Waals surface area contributed by atoms with E-state index in [1.165, 1.54) is 0 Å². The summed E-state index contributed by atoms with van der Waals surface area (Å²) in [6.45, 7) is 5.48. The zero-order valence-electron chi connectivity index (χ0n) is 8.26. The van der Waals surface area contributed by atoms with Crippen LogP contribution in [0.1, 0.15) is 17.3 Å². The van der Waals surface area contributed by atoms with Crippen molar-refractivity contribution in [1.82, 2.24) is 5.32 Å². The maximum absolute atomic E-state index is 11.7. The molecule has 0 aromatic heterocycles. The van der Waals surface area contributed by atoms with Crippen molar-refractivity contribution in [2.24, 2.45) is 0 Å². The number of nitrogens with one attached hydrogen (secondary N) is 1. The molecule has 0 aliphatic rings. The van der Waals surface area contributed by atoms with Crippen LogP contribution in [0.25, 0.3) is 0 Å². The van der Waals surface area contributed by atoms with Crippen molar-refractivity contribution in [2.75, 3.05) is 0 Å². The van der Waals surface area contributed by atoms with Crippen LogP contribution in [0.2, 0.25) is 0 Å². The average Bonchev–Trinajstić information content (AvgIpc) is 2.16. The van der Waals surface area contributed by atoms with E-state index in [0.29, 0.717) is 5.56 Å². The van der Waals surface area contributed by atoms with Gasteiger partial charge in [-0.15, -0.1) is 6.58 Å². The highest BCUT2D eigenvalue weighted by Crippen LogP contribution is 2.20. The number of hydrogen-bond donors (Lipinski definition) is 1. The minimum Gasteiger partial charge on any atom is -0.346 e. The Morgan fingerprint density at radius 2 is 1.93 bits per heavy atom. The third-order valence-electron chi connectivity index (χ3n) is 1.84. The minimum atomic E-state index is -0.107. The molecule has 4 heteroatoms. The molecular formula is C11H11Br2NO. The lowest BCUT2D eigenvalue weighted by atomic mass is 10.2. The second kappa shape index (κ2) is 5.47. The number of benzene rings is 1. The van der Waals surface area contributed by atoms with Crippen molar-refractivity contribution in [1.29, 1.82) is 0 Å². The normalized spacial score (nSPS) is 11.9. The molecule has 1 atom stereocenters. The van der Waals surface area contributed by atoms with Crippen molar-refractivity contribution in [3.05, 3.63) is 45.4 Å². The van der Waals surface area contributed by atoms with Gasteiger partial charge in [0.1, 0.15) is 0 Å². The van der Waals surface area contributed by atoms with Gasteiger partial charge in [-0.1, -0.05) is 37.9 Å². The molecule has 1 unspecified atom stereocenters. The van der Waals surface area contributed by atoms with Crippen molar-refractivity contribution in [3.63, 3.8) is 0 Å². The van der Waals surface area contributed by atoms with Gasteiger partial charge in [0.2, 0.25) is 0 Å². The van der Waals surface area contributed by atoms with Crippen LogP contribution in [0.5, 0.6) is 0 Å². The van der Waals surface area contributed by atoms with Crippen molar-refractivity contribution < 1.29 is 4.79 Å². The monoisotopic (exact) mass is 331 g/mol. The predicted molar refractivity (Wildman–Crippen MR) is 69.0 cm³/mol. The van der Waals surface area contributed by atoms with Crippen LogP contribution in [-0.2, 0) is 0 Å². The van der Waals surface area contributed by atoms with E-state index in [4.69, 9.17) is 0 Å². The average molecular weight is 333 g/mol. The zero-order chi connectivity index (χ0) is 11.4. The van der Waals surface area contributed by atoms with Crippen LogP contribution in [0, 0.1) is 0 Å². The van der Waals surface area contributed by atoms with Crippen LogP contribution in [0.4, 0.5) is 0 Å². The molecule has 1 rings (SSSR count). The van der Waals surface area contributed by atoms with Crippen LogP contribution >= 0.6 is 31.9 Å². The highest BCUT2D eigenvalue weighted by Gasteiger charge is 2.08. The van der Waals surface area contributed by atoms with E-state index in [2.05, 4.69) is 43.8 Å². The Kier molecular flexibility index (Phi) is 4.54. The van der Waals surface area contributed by atoms with E-state index in [9.17, 15) is 4.79 Å². The van der Waals surface area contributed by atoms with Gasteiger partial charge in [-0.3, -0.25) is 4.79 Å². The summed E-state index contributed by atoms with van der Waals surface area (Å²) in [4.78, 5) is 11.7. The summed E-state index contributed by atoms with van der Waals surface area (Å²) in [5, 5.41) is 2.80. The van der Waals surface area contributed by atoms with E-state index < -0.39 is 0 Å². The van der Waals surface area contributed by atoms with Gasteiger partial charge in [0.15, 0.2) is 0 Å². The Balaban J connectivity index is 2.86. The summed E-state index contributed by atoms with van der Waals surface area (Å²) in [5.74, 6) is -0.107.